The first kappa shape index (κ1) is 14.0. The fourth-order valence-electron chi connectivity index (χ4n) is 1.57. The van der Waals surface area contributed by atoms with Gasteiger partial charge in [0.25, 0.3) is 0 Å². The summed E-state index contributed by atoms with van der Waals surface area (Å²) in [4.78, 5) is 11.8. The summed E-state index contributed by atoms with van der Waals surface area (Å²) in [6.07, 6.45) is 0.195. The van der Waals surface area contributed by atoms with Gasteiger partial charge in [0.1, 0.15) is 5.82 Å². The first-order valence-corrected chi connectivity index (χ1v) is 6.71. The van der Waals surface area contributed by atoms with Gasteiger partial charge in [-0.1, -0.05) is 23.7 Å². The van der Waals surface area contributed by atoms with Gasteiger partial charge < -0.3 is 5.32 Å². The summed E-state index contributed by atoms with van der Waals surface area (Å²) < 4.78 is 13.5. The van der Waals surface area contributed by atoms with Gasteiger partial charge in [0, 0.05) is 10.2 Å². The lowest BCUT2D eigenvalue weighted by Crippen LogP contribution is -2.14. The van der Waals surface area contributed by atoms with E-state index in [0.717, 1.165) is 5.56 Å². The van der Waals surface area contributed by atoms with Crippen molar-refractivity contribution < 1.29 is 9.18 Å². The Morgan fingerprint density at radius 2 is 1.89 bits per heavy atom. The Labute approximate surface area is 123 Å². The van der Waals surface area contributed by atoms with Gasteiger partial charge >= 0.3 is 0 Å². The smallest absolute Gasteiger partial charge is 0.228 e. The third-order valence-electron chi connectivity index (χ3n) is 2.48. The number of anilines is 1. The molecule has 2 aromatic carbocycles. The zero-order chi connectivity index (χ0) is 13.8. The van der Waals surface area contributed by atoms with Gasteiger partial charge in [-0.3, -0.25) is 4.79 Å². The molecule has 2 nitrogen and oxygen atoms in total. The average molecular weight is 343 g/mol. The topological polar surface area (TPSA) is 29.1 Å². The number of carbonyl (C=O) groups excluding carboxylic acids is 1. The summed E-state index contributed by atoms with van der Waals surface area (Å²) in [6, 6.07) is 11.0. The van der Waals surface area contributed by atoms with Crippen LogP contribution in [0.2, 0.25) is 5.02 Å². The quantitative estimate of drug-likeness (QED) is 0.879. The van der Waals surface area contributed by atoms with Crippen molar-refractivity contribution in [2.75, 3.05) is 5.32 Å². The van der Waals surface area contributed by atoms with Gasteiger partial charge in [-0.25, -0.2) is 4.39 Å². The maximum Gasteiger partial charge on any atom is 0.228 e. The first-order valence-electron chi connectivity index (χ1n) is 5.54. The van der Waals surface area contributed by atoms with Crippen molar-refractivity contribution in [1.82, 2.24) is 0 Å². The Morgan fingerprint density at radius 1 is 1.21 bits per heavy atom. The molecule has 0 aliphatic rings. The molecule has 98 valence electrons. The molecule has 2 aromatic rings. The molecule has 0 aromatic heterocycles. The van der Waals surface area contributed by atoms with Crippen LogP contribution in [-0.4, -0.2) is 5.91 Å². The molecular weight excluding hydrogens is 333 g/mol. The summed E-state index contributed by atoms with van der Waals surface area (Å²) in [5.41, 5.74) is 1.41. The van der Waals surface area contributed by atoms with Gasteiger partial charge in [-0.15, -0.1) is 0 Å². The molecule has 0 aliphatic carbocycles. The van der Waals surface area contributed by atoms with Crippen molar-refractivity contribution >= 4 is 39.1 Å². The zero-order valence-corrected chi connectivity index (χ0v) is 12.1. The van der Waals surface area contributed by atoms with Crippen LogP contribution in [0.1, 0.15) is 5.56 Å². The minimum Gasteiger partial charge on any atom is -0.326 e. The van der Waals surface area contributed by atoms with E-state index in [0.29, 0.717) is 15.2 Å². The lowest BCUT2D eigenvalue weighted by Gasteiger charge is -2.06. The van der Waals surface area contributed by atoms with E-state index in [1.807, 2.05) is 0 Å². The van der Waals surface area contributed by atoms with Gasteiger partial charge in [0.05, 0.1) is 11.4 Å². The van der Waals surface area contributed by atoms with E-state index in [9.17, 15) is 9.18 Å². The number of hydrogen-bond donors (Lipinski definition) is 1. The maximum atomic E-state index is 12.7. The second-order valence-corrected chi connectivity index (χ2v) is 5.24. The Bertz CT molecular complexity index is 601. The summed E-state index contributed by atoms with van der Waals surface area (Å²) in [5.74, 6) is -0.480. The van der Waals surface area contributed by atoms with Crippen molar-refractivity contribution in [3.63, 3.8) is 0 Å². The molecule has 19 heavy (non-hydrogen) atoms. The van der Waals surface area contributed by atoms with Crippen LogP contribution in [0, 0.1) is 5.82 Å². The lowest BCUT2D eigenvalue weighted by atomic mass is 10.1. The molecule has 1 N–H and O–H groups in total. The first-order chi connectivity index (χ1) is 9.04. The highest BCUT2D eigenvalue weighted by atomic mass is 79.9. The van der Waals surface area contributed by atoms with E-state index < -0.39 is 0 Å². The molecule has 2 rings (SSSR count). The monoisotopic (exact) mass is 341 g/mol. The molecule has 0 unspecified atom stereocenters. The van der Waals surface area contributed by atoms with Gasteiger partial charge in [0.15, 0.2) is 0 Å². The molecule has 0 radical (unpaired) electrons. The van der Waals surface area contributed by atoms with E-state index in [-0.39, 0.29) is 18.1 Å². The maximum absolute atomic E-state index is 12.7. The molecule has 1 amide bonds. The van der Waals surface area contributed by atoms with Crippen LogP contribution >= 0.6 is 27.5 Å². The second-order valence-electron chi connectivity index (χ2n) is 3.98. The molecule has 0 saturated heterocycles. The minimum absolute atomic E-state index is 0.166. The number of carbonyl (C=O) groups is 1. The Kier molecular flexibility index (Phi) is 4.56. The number of benzene rings is 2. The third-order valence-corrected chi connectivity index (χ3v) is 3.70. The van der Waals surface area contributed by atoms with Crippen LogP contribution in [-0.2, 0) is 11.2 Å². The van der Waals surface area contributed by atoms with Crippen molar-refractivity contribution in [2.45, 2.75) is 6.42 Å². The molecule has 0 aliphatic heterocycles. The molecule has 0 bridgehead atoms. The minimum atomic E-state index is -0.314. The average Bonchev–Trinajstić information content (AvgIpc) is 2.37. The molecular formula is C14H10BrClFNO. The normalized spacial score (nSPS) is 10.3. The van der Waals surface area contributed by atoms with E-state index in [1.54, 1.807) is 30.3 Å². The van der Waals surface area contributed by atoms with Gasteiger partial charge in [-0.2, -0.15) is 0 Å². The van der Waals surface area contributed by atoms with Crippen LogP contribution < -0.4 is 5.32 Å². The summed E-state index contributed by atoms with van der Waals surface area (Å²) >= 11 is 9.15. The standard InChI is InChI=1S/C14H10BrClFNO/c15-12-8-11(5-6-13(12)16)18-14(19)7-9-1-3-10(17)4-2-9/h1-6,8H,7H2,(H,18,19). The number of rotatable bonds is 3. The number of hydrogen-bond acceptors (Lipinski definition) is 1. The summed E-state index contributed by atoms with van der Waals surface area (Å²) in [5, 5.41) is 3.33. The largest absolute Gasteiger partial charge is 0.326 e. The highest BCUT2D eigenvalue weighted by Gasteiger charge is 2.06. The summed E-state index contributed by atoms with van der Waals surface area (Å²) in [7, 11) is 0. The molecule has 0 spiro atoms. The fraction of sp³-hybridized carbons (Fsp3) is 0.0714. The molecule has 0 fully saturated rings. The number of halogens is 3. The summed E-state index contributed by atoms with van der Waals surface area (Å²) in [6.45, 7) is 0. The highest BCUT2D eigenvalue weighted by molar-refractivity contribution is 9.10. The number of nitrogens with one attached hydrogen (secondary N) is 1. The third kappa shape index (κ3) is 4.04. The Hall–Kier alpha value is -1.39. The SMILES string of the molecule is O=C(Cc1ccc(F)cc1)Nc1ccc(Cl)c(Br)c1. The van der Waals surface area contributed by atoms with Crippen LogP contribution in [0.5, 0.6) is 0 Å². The highest BCUT2D eigenvalue weighted by Crippen LogP contribution is 2.25. The van der Waals surface area contributed by atoms with E-state index in [4.69, 9.17) is 11.6 Å². The predicted octanol–water partition coefficient (Wildman–Crippen LogP) is 4.42. The number of amides is 1. The van der Waals surface area contributed by atoms with Crippen LogP contribution in [0.4, 0.5) is 10.1 Å². The molecule has 5 heteroatoms. The molecule has 0 heterocycles. The van der Waals surface area contributed by atoms with Crippen LogP contribution in [0.15, 0.2) is 46.9 Å². The Balaban J connectivity index is 2.01. The zero-order valence-electron chi connectivity index (χ0n) is 9.79. The molecule has 0 atom stereocenters. The Morgan fingerprint density at radius 3 is 2.53 bits per heavy atom. The lowest BCUT2D eigenvalue weighted by molar-refractivity contribution is -0.115. The van der Waals surface area contributed by atoms with E-state index in [1.165, 1.54) is 12.1 Å². The van der Waals surface area contributed by atoms with E-state index >= 15 is 0 Å². The fourth-order valence-corrected chi connectivity index (χ4v) is 2.06. The van der Waals surface area contributed by atoms with Gasteiger partial charge in [-0.05, 0) is 51.8 Å². The van der Waals surface area contributed by atoms with E-state index in [2.05, 4.69) is 21.2 Å². The van der Waals surface area contributed by atoms with Crippen molar-refractivity contribution in [3.8, 4) is 0 Å². The van der Waals surface area contributed by atoms with Crippen LogP contribution in [0.25, 0.3) is 0 Å². The van der Waals surface area contributed by atoms with Crippen LogP contribution in [0.3, 0.4) is 0 Å². The predicted molar refractivity (Wildman–Crippen MR) is 77.9 cm³/mol. The van der Waals surface area contributed by atoms with Crippen molar-refractivity contribution in [1.29, 1.82) is 0 Å². The van der Waals surface area contributed by atoms with Crippen molar-refractivity contribution in [2.24, 2.45) is 0 Å². The van der Waals surface area contributed by atoms with Gasteiger partial charge in [0.2, 0.25) is 5.91 Å². The van der Waals surface area contributed by atoms with Crippen molar-refractivity contribution in [3.05, 3.63) is 63.3 Å². The molecule has 0 saturated carbocycles. The second kappa shape index (κ2) is 6.17.